The van der Waals surface area contributed by atoms with Gasteiger partial charge in [0.15, 0.2) is 11.5 Å². The Morgan fingerprint density at radius 1 is 1.29 bits per heavy atom. The maximum Gasteiger partial charge on any atom is 0.268 e. The van der Waals surface area contributed by atoms with Crippen molar-refractivity contribution in [3.05, 3.63) is 39.7 Å². The number of H-pyrrole nitrogens is 1. The first kappa shape index (κ1) is 16.5. The molecule has 0 saturated heterocycles. The molecule has 0 bridgehead atoms. The maximum absolute atomic E-state index is 12.0. The van der Waals surface area contributed by atoms with Gasteiger partial charge in [0, 0.05) is 11.1 Å². The second kappa shape index (κ2) is 6.91. The van der Waals surface area contributed by atoms with Crippen molar-refractivity contribution in [2.45, 2.75) is 0 Å². The van der Waals surface area contributed by atoms with Crippen LogP contribution >= 0.6 is 0 Å². The topological polar surface area (TPSA) is 125 Å². The molecule has 2 aromatic rings. The van der Waals surface area contributed by atoms with Crippen LogP contribution in [-0.2, 0) is 0 Å². The van der Waals surface area contributed by atoms with E-state index in [1.807, 2.05) is 6.07 Å². The molecule has 7 heteroatoms. The average molecular weight is 320 g/mol. The molecule has 0 fully saturated rings. The highest BCUT2D eigenvalue weighted by Gasteiger charge is 2.22. The van der Waals surface area contributed by atoms with E-state index in [1.165, 1.54) is 7.11 Å². The summed E-state index contributed by atoms with van der Waals surface area (Å²) >= 11 is 0. The van der Waals surface area contributed by atoms with Crippen molar-refractivity contribution in [1.82, 2.24) is 4.98 Å². The Morgan fingerprint density at radius 2 is 2.00 bits per heavy atom. The lowest BCUT2D eigenvalue weighted by molar-refractivity contribution is 0.332. The molecule has 0 aliphatic rings. The molecular formula is C17H12N4O3. The Balaban J connectivity index is 2.93. The van der Waals surface area contributed by atoms with Crippen LogP contribution in [0.5, 0.6) is 11.5 Å². The number of nitriles is 2. The number of terminal acetylenes is 1. The van der Waals surface area contributed by atoms with Gasteiger partial charge in [-0.05, 0) is 6.07 Å². The summed E-state index contributed by atoms with van der Waals surface area (Å²) in [5, 5.41) is 18.7. The molecule has 24 heavy (non-hydrogen) atoms. The Labute approximate surface area is 137 Å². The van der Waals surface area contributed by atoms with E-state index in [9.17, 15) is 15.3 Å². The minimum Gasteiger partial charge on any atom is -0.493 e. The van der Waals surface area contributed by atoms with Gasteiger partial charge < -0.3 is 20.2 Å². The van der Waals surface area contributed by atoms with Gasteiger partial charge in [-0.3, -0.25) is 4.79 Å². The average Bonchev–Trinajstić information content (AvgIpc) is 2.59. The number of anilines is 1. The van der Waals surface area contributed by atoms with Crippen molar-refractivity contribution in [1.29, 1.82) is 10.5 Å². The summed E-state index contributed by atoms with van der Waals surface area (Å²) in [4.78, 5) is 14.3. The Kier molecular flexibility index (Phi) is 4.75. The van der Waals surface area contributed by atoms with Crippen molar-refractivity contribution in [3.8, 4) is 47.1 Å². The van der Waals surface area contributed by atoms with Crippen LogP contribution in [0.4, 0.5) is 5.82 Å². The number of ether oxygens (including phenoxy) is 2. The Morgan fingerprint density at radius 3 is 2.58 bits per heavy atom. The SMILES string of the molecule is C#CCOc1c(OC)cccc1-c1c(C#N)c(N)[nH]c(=O)c1C#N. The number of aromatic nitrogens is 1. The lowest BCUT2D eigenvalue weighted by Gasteiger charge is -2.16. The first-order valence-corrected chi connectivity index (χ1v) is 6.68. The third kappa shape index (κ3) is 2.72. The number of nitrogen functional groups attached to an aromatic ring is 1. The molecule has 0 amide bonds. The zero-order valence-electron chi connectivity index (χ0n) is 12.7. The first-order chi connectivity index (χ1) is 11.6. The molecule has 0 aliphatic heterocycles. The van der Waals surface area contributed by atoms with Crippen molar-refractivity contribution >= 4 is 5.82 Å². The van der Waals surface area contributed by atoms with E-state index < -0.39 is 5.56 Å². The van der Waals surface area contributed by atoms with Gasteiger partial charge in [-0.1, -0.05) is 18.1 Å². The second-order valence-corrected chi connectivity index (χ2v) is 4.55. The van der Waals surface area contributed by atoms with Crippen molar-refractivity contribution in [3.63, 3.8) is 0 Å². The second-order valence-electron chi connectivity index (χ2n) is 4.55. The minimum absolute atomic E-state index is 0.0371. The highest BCUT2D eigenvalue weighted by molar-refractivity contribution is 5.85. The van der Waals surface area contributed by atoms with Crippen molar-refractivity contribution in [2.24, 2.45) is 0 Å². The summed E-state index contributed by atoms with van der Waals surface area (Å²) in [7, 11) is 1.43. The van der Waals surface area contributed by atoms with Crippen LogP contribution in [0.3, 0.4) is 0 Å². The van der Waals surface area contributed by atoms with Crippen LogP contribution < -0.4 is 20.8 Å². The molecule has 7 nitrogen and oxygen atoms in total. The summed E-state index contributed by atoms with van der Waals surface area (Å²) in [6.07, 6.45) is 5.22. The van der Waals surface area contributed by atoms with Gasteiger partial charge in [-0.25, -0.2) is 0 Å². The van der Waals surface area contributed by atoms with Gasteiger partial charge >= 0.3 is 0 Å². The summed E-state index contributed by atoms with van der Waals surface area (Å²) in [6, 6.07) is 8.55. The van der Waals surface area contributed by atoms with Crippen molar-refractivity contribution < 1.29 is 9.47 Å². The number of hydrogen-bond donors (Lipinski definition) is 2. The number of para-hydroxylation sites is 1. The quantitative estimate of drug-likeness (QED) is 0.820. The molecule has 0 radical (unpaired) electrons. The largest absolute Gasteiger partial charge is 0.493 e. The summed E-state index contributed by atoms with van der Waals surface area (Å²) in [5.41, 5.74) is 5.13. The van der Waals surface area contributed by atoms with Gasteiger partial charge in [-0.2, -0.15) is 10.5 Å². The van der Waals surface area contributed by atoms with Crippen LogP contribution in [-0.4, -0.2) is 18.7 Å². The third-order valence-corrected chi connectivity index (χ3v) is 3.24. The van der Waals surface area contributed by atoms with Crippen LogP contribution in [0.1, 0.15) is 11.1 Å². The van der Waals surface area contributed by atoms with Crippen LogP contribution in [0.25, 0.3) is 11.1 Å². The molecule has 0 unspecified atom stereocenters. The van der Waals surface area contributed by atoms with Gasteiger partial charge in [0.1, 0.15) is 35.7 Å². The normalized spacial score (nSPS) is 9.42. The van der Waals surface area contributed by atoms with Gasteiger partial charge in [0.2, 0.25) is 0 Å². The standard InChI is InChI=1S/C17H12N4O3/c1-3-7-24-15-10(5-4-6-13(15)23-2)14-11(8-18)16(20)21-17(22)12(14)9-19/h1,4-6H,7H2,2H3,(H3,20,21,22). The number of methoxy groups -OCH3 is 1. The van der Waals surface area contributed by atoms with Gasteiger partial charge in [-0.15, -0.1) is 6.42 Å². The molecule has 1 aromatic heterocycles. The van der Waals surface area contributed by atoms with E-state index in [2.05, 4.69) is 10.9 Å². The van der Waals surface area contributed by atoms with E-state index in [1.54, 1.807) is 24.3 Å². The molecule has 1 heterocycles. The van der Waals surface area contributed by atoms with Gasteiger partial charge in [0.05, 0.1) is 7.11 Å². The predicted molar refractivity (Wildman–Crippen MR) is 87.2 cm³/mol. The highest BCUT2D eigenvalue weighted by atomic mass is 16.5. The van der Waals surface area contributed by atoms with Gasteiger partial charge in [0.25, 0.3) is 5.56 Å². The fourth-order valence-corrected chi connectivity index (χ4v) is 2.25. The van der Waals surface area contributed by atoms with E-state index in [0.29, 0.717) is 11.3 Å². The number of aromatic amines is 1. The number of nitrogens with one attached hydrogen (secondary N) is 1. The zero-order chi connectivity index (χ0) is 17.7. The minimum atomic E-state index is -0.699. The summed E-state index contributed by atoms with van der Waals surface area (Å²) in [5.74, 6) is 2.75. The molecule has 0 saturated carbocycles. The number of nitrogens with zero attached hydrogens (tertiary/aromatic N) is 2. The molecule has 3 N–H and O–H groups in total. The number of nitrogens with two attached hydrogens (primary N) is 1. The maximum atomic E-state index is 12.0. The predicted octanol–water partition coefficient (Wildman–Crippen LogP) is 1.39. The molecule has 1 aromatic carbocycles. The van der Waals surface area contributed by atoms with Crippen LogP contribution in [0.15, 0.2) is 23.0 Å². The number of rotatable bonds is 4. The van der Waals surface area contributed by atoms with E-state index in [0.717, 1.165) is 0 Å². The Hall–Kier alpha value is -3.89. The molecule has 0 aliphatic carbocycles. The highest BCUT2D eigenvalue weighted by Crippen LogP contribution is 2.40. The number of hydrogen-bond acceptors (Lipinski definition) is 6. The van der Waals surface area contributed by atoms with Crippen molar-refractivity contribution in [2.75, 3.05) is 19.5 Å². The monoisotopic (exact) mass is 320 g/mol. The van der Waals surface area contributed by atoms with E-state index in [4.69, 9.17) is 21.6 Å². The summed E-state index contributed by atoms with van der Waals surface area (Å²) < 4.78 is 10.7. The summed E-state index contributed by atoms with van der Waals surface area (Å²) in [6.45, 7) is -0.0597. The Bertz CT molecular complexity index is 972. The smallest absolute Gasteiger partial charge is 0.268 e. The van der Waals surface area contributed by atoms with Crippen LogP contribution in [0, 0.1) is 35.0 Å². The lowest BCUT2D eigenvalue weighted by Crippen LogP contribution is -2.16. The first-order valence-electron chi connectivity index (χ1n) is 6.68. The molecule has 0 spiro atoms. The number of benzene rings is 1. The zero-order valence-corrected chi connectivity index (χ0v) is 12.7. The lowest BCUT2D eigenvalue weighted by atomic mass is 9.95. The molecular weight excluding hydrogens is 308 g/mol. The number of pyridine rings is 1. The van der Waals surface area contributed by atoms with Crippen LogP contribution in [0.2, 0.25) is 0 Å². The molecule has 2 rings (SSSR count). The molecule has 118 valence electrons. The third-order valence-electron chi connectivity index (χ3n) is 3.24. The fourth-order valence-electron chi connectivity index (χ4n) is 2.25. The molecule has 0 atom stereocenters. The van der Waals surface area contributed by atoms with E-state index in [-0.39, 0.29) is 34.9 Å². The fraction of sp³-hybridized carbons (Fsp3) is 0.118. The van der Waals surface area contributed by atoms with E-state index >= 15 is 0 Å².